The quantitative estimate of drug-likeness (QED) is 0.466. The van der Waals surface area contributed by atoms with Crippen molar-refractivity contribution in [1.29, 1.82) is 0 Å². The van der Waals surface area contributed by atoms with Crippen LogP contribution in [0.25, 0.3) is 0 Å². The number of halogens is 1. The second-order valence-electron chi connectivity index (χ2n) is 1.40. The normalized spacial score (nSPS) is 18.5. The summed E-state index contributed by atoms with van der Waals surface area (Å²) in [6, 6.07) is 0. The van der Waals surface area contributed by atoms with Gasteiger partial charge in [-0.2, -0.15) is 4.39 Å². The Hall–Kier alpha value is -1.06. The van der Waals surface area contributed by atoms with Gasteiger partial charge in [-0.05, 0) is 6.92 Å². The Morgan fingerprint density at radius 1 is 1.50 bits per heavy atom. The Kier molecular flexibility index (Phi) is 0.932. The lowest BCUT2D eigenvalue weighted by Gasteiger charge is -1.76. The van der Waals surface area contributed by atoms with Crippen molar-refractivity contribution in [2.24, 2.45) is 10.2 Å². The second kappa shape index (κ2) is 1.47. The molecule has 8 heavy (non-hydrogen) atoms. The molecule has 0 atom stereocenters. The molecular formula is C4H3FN2O. The smallest absolute Gasteiger partial charge is 0.262 e. The zero-order valence-electron chi connectivity index (χ0n) is 4.18. The molecule has 0 fully saturated rings. The molecule has 3 nitrogen and oxygen atoms in total. The highest BCUT2D eigenvalue weighted by Crippen LogP contribution is 2.15. The summed E-state index contributed by atoms with van der Waals surface area (Å²) in [7, 11) is 0. The van der Waals surface area contributed by atoms with E-state index >= 15 is 0 Å². The fourth-order valence-electron chi connectivity index (χ4n) is 0.363. The topological polar surface area (TPSA) is 41.8 Å². The molecule has 0 aliphatic carbocycles. The van der Waals surface area contributed by atoms with E-state index in [1.54, 1.807) is 0 Å². The van der Waals surface area contributed by atoms with Crippen molar-refractivity contribution in [2.75, 3.05) is 0 Å². The number of carbonyl (C=O) groups excluding carboxylic acids is 1. The van der Waals surface area contributed by atoms with Crippen LogP contribution < -0.4 is 0 Å². The molecule has 1 aliphatic heterocycles. The first-order chi connectivity index (χ1) is 3.72. The van der Waals surface area contributed by atoms with E-state index in [1.807, 2.05) is 0 Å². The van der Waals surface area contributed by atoms with E-state index in [4.69, 9.17) is 0 Å². The van der Waals surface area contributed by atoms with Crippen molar-refractivity contribution in [3.8, 4) is 0 Å². The molecule has 0 saturated heterocycles. The van der Waals surface area contributed by atoms with Crippen LogP contribution in [-0.2, 0) is 4.79 Å². The molecule has 0 unspecified atom stereocenters. The van der Waals surface area contributed by atoms with Crippen molar-refractivity contribution in [3.63, 3.8) is 0 Å². The molecule has 4 heteroatoms. The lowest BCUT2D eigenvalue weighted by atomic mass is 10.4. The van der Waals surface area contributed by atoms with Crippen LogP contribution in [-0.4, -0.2) is 5.91 Å². The number of hydrogen-bond donors (Lipinski definition) is 0. The molecule has 1 aliphatic rings. The number of amides is 1. The van der Waals surface area contributed by atoms with Crippen LogP contribution in [0.5, 0.6) is 0 Å². The molecule has 0 radical (unpaired) electrons. The summed E-state index contributed by atoms with van der Waals surface area (Å²) in [6.45, 7) is 1.39. The van der Waals surface area contributed by atoms with Crippen LogP contribution in [0.15, 0.2) is 21.8 Å². The van der Waals surface area contributed by atoms with E-state index in [9.17, 15) is 9.18 Å². The van der Waals surface area contributed by atoms with Crippen LogP contribution >= 0.6 is 0 Å². The molecule has 0 aromatic heterocycles. The Bertz CT molecular complexity index is 190. The van der Waals surface area contributed by atoms with Gasteiger partial charge >= 0.3 is 5.91 Å². The summed E-state index contributed by atoms with van der Waals surface area (Å²) in [5, 5.41) is 6.11. The maximum atomic E-state index is 12.1. The molecular weight excluding hydrogens is 111 g/mol. The van der Waals surface area contributed by atoms with E-state index in [0.717, 1.165) is 0 Å². The van der Waals surface area contributed by atoms with E-state index in [2.05, 4.69) is 10.2 Å². The second-order valence-corrected chi connectivity index (χ2v) is 1.40. The van der Waals surface area contributed by atoms with Gasteiger partial charge < -0.3 is 0 Å². The van der Waals surface area contributed by atoms with E-state index < -0.39 is 11.7 Å². The molecule has 0 spiro atoms. The third-order valence-electron chi connectivity index (χ3n) is 0.796. The third-order valence-corrected chi connectivity index (χ3v) is 0.796. The molecule has 0 N–H and O–H groups in total. The average molecular weight is 114 g/mol. The van der Waals surface area contributed by atoms with Gasteiger partial charge in [-0.3, -0.25) is 4.79 Å². The van der Waals surface area contributed by atoms with Crippen LogP contribution in [0, 0.1) is 0 Å². The van der Waals surface area contributed by atoms with Crippen molar-refractivity contribution < 1.29 is 9.18 Å². The Balaban J connectivity index is 3.02. The minimum absolute atomic E-state index is 0.0648. The highest BCUT2D eigenvalue weighted by molar-refractivity contribution is 5.93. The van der Waals surface area contributed by atoms with Crippen LogP contribution in [0.2, 0.25) is 0 Å². The van der Waals surface area contributed by atoms with Gasteiger partial charge in [0.05, 0.1) is 0 Å². The van der Waals surface area contributed by atoms with Crippen LogP contribution in [0.4, 0.5) is 4.39 Å². The van der Waals surface area contributed by atoms with Gasteiger partial charge in [0.25, 0.3) is 0 Å². The summed E-state index contributed by atoms with van der Waals surface area (Å²) in [4.78, 5) is 10.1. The number of hydrogen-bond acceptors (Lipinski definition) is 2. The first-order valence-electron chi connectivity index (χ1n) is 2.04. The van der Waals surface area contributed by atoms with E-state index in [-0.39, 0.29) is 5.70 Å². The predicted octanol–water partition coefficient (Wildman–Crippen LogP) is 1.18. The largest absolute Gasteiger partial charge is 0.326 e. The maximum Gasteiger partial charge on any atom is 0.326 e. The van der Waals surface area contributed by atoms with Gasteiger partial charge in [0, 0.05) is 0 Å². The van der Waals surface area contributed by atoms with Gasteiger partial charge in [-0.15, -0.1) is 10.2 Å². The molecule has 0 aromatic rings. The first-order valence-corrected chi connectivity index (χ1v) is 2.04. The molecule has 0 saturated carbocycles. The number of nitrogens with zero attached hydrogens (tertiary/aromatic N) is 2. The molecule has 1 heterocycles. The van der Waals surface area contributed by atoms with Crippen LogP contribution in [0.1, 0.15) is 6.92 Å². The summed E-state index contributed by atoms with van der Waals surface area (Å²) in [5.74, 6) is -1.72. The summed E-state index contributed by atoms with van der Waals surface area (Å²) in [5.41, 5.74) is 0.0648. The Labute approximate surface area is 44.9 Å². The number of carbonyl (C=O) groups is 1. The van der Waals surface area contributed by atoms with Gasteiger partial charge in [0.1, 0.15) is 5.70 Å². The maximum absolute atomic E-state index is 12.1. The minimum Gasteiger partial charge on any atom is -0.262 e. The number of rotatable bonds is 0. The Morgan fingerprint density at radius 3 is 2.25 bits per heavy atom. The average Bonchev–Trinajstić information content (AvgIpc) is 1.98. The molecule has 0 bridgehead atoms. The van der Waals surface area contributed by atoms with Crippen molar-refractivity contribution in [1.82, 2.24) is 0 Å². The van der Waals surface area contributed by atoms with E-state index in [1.165, 1.54) is 6.92 Å². The molecule has 42 valence electrons. The minimum atomic E-state index is -0.873. The van der Waals surface area contributed by atoms with Crippen molar-refractivity contribution >= 4 is 5.91 Å². The zero-order chi connectivity index (χ0) is 6.15. The van der Waals surface area contributed by atoms with Gasteiger partial charge in [-0.25, -0.2) is 0 Å². The highest BCUT2D eigenvalue weighted by Gasteiger charge is 2.16. The molecule has 0 aromatic carbocycles. The van der Waals surface area contributed by atoms with Crippen LogP contribution in [0.3, 0.4) is 0 Å². The SMILES string of the molecule is CC1=C(F)C(=O)N=N1. The van der Waals surface area contributed by atoms with Crippen molar-refractivity contribution in [3.05, 3.63) is 11.5 Å². The standard InChI is InChI=1S/C4H3FN2O/c1-2-3(5)4(8)7-6-2/h1H3. The molecule has 1 rings (SSSR count). The fraction of sp³-hybridized carbons (Fsp3) is 0.250. The zero-order valence-corrected chi connectivity index (χ0v) is 4.18. The van der Waals surface area contributed by atoms with E-state index in [0.29, 0.717) is 0 Å². The number of allylic oxidation sites excluding steroid dienone is 1. The summed E-state index contributed by atoms with van der Waals surface area (Å²) in [6.07, 6.45) is 0. The number of azo groups is 1. The summed E-state index contributed by atoms with van der Waals surface area (Å²) >= 11 is 0. The lowest BCUT2D eigenvalue weighted by molar-refractivity contribution is -0.115. The Morgan fingerprint density at radius 2 is 2.12 bits per heavy atom. The predicted molar refractivity (Wildman–Crippen MR) is 23.7 cm³/mol. The first kappa shape index (κ1) is 5.08. The highest BCUT2D eigenvalue weighted by atomic mass is 19.1. The summed E-state index contributed by atoms with van der Waals surface area (Å²) < 4.78 is 12.1. The van der Waals surface area contributed by atoms with Gasteiger partial charge in [-0.1, -0.05) is 0 Å². The van der Waals surface area contributed by atoms with Gasteiger partial charge in [0.2, 0.25) is 5.83 Å². The van der Waals surface area contributed by atoms with Gasteiger partial charge in [0.15, 0.2) is 0 Å². The molecule has 1 amide bonds. The monoisotopic (exact) mass is 114 g/mol. The fourth-order valence-corrected chi connectivity index (χ4v) is 0.363. The lowest BCUT2D eigenvalue weighted by Crippen LogP contribution is -1.86. The van der Waals surface area contributed by atoms with Crippen molar-refractivity contribution in [2.45, 2.75) is 6.92 Å². The third kappa shape index (κ3) is 0.538.